The van der Waals surface area contributed by atoms with Crippen LogP contribution in [0.3, 0.4) is 0 Å². The third kappa shape index (κ3) is 8.87. The molecule has 2 nitrogen and oxygen atoms in total. The van der Waals surface area contributed by atoms with Crippen LogP contribution < -0.4 is 0 Å². The van der Waals surface area contributed by atoms with E-state index in [-0.39, 0.29) is 0 Å². The van der Waals surface area contributed by atoms with E-state index in [1.807, 2.05) is 0 Å². The average molecular weight is 483 g/mol. The Morgan fingerprint density at radius 1 is 0.852 bits per heavy atom. The second kappa shape index (κ2) is 14.9. The summed E-state index contributed by atoms with van der Waals surface area (Å²) >= 11 is -2.47. The van der Waals surface area contributed by atoms with Crippen molar-refractivity contribution in [2.45, 2.75) is 90.1 Å². The molecule has 0 saturated carbocycles. The van der Waals surface area contributed by atoms with Crippen molar-refractivity contribution in [2.24, 2.45) is 5.92 Å². The van der Waals surface area contributed by atoms with Gasteiger partial charge in [0.1, 0.15) is 0 Å². The van der Waals surface area contributed by atoms with Crippen molar-refractivity contribution in [1.82, 2.24) is 0 Å². The minimum atomic E-state index is -2.47. The van der Waals surface area contributed by atoms with Crippen molar-refractivity contribution in [3.05, 3.63) is 35.9 Å². The molecule has 0 saturated heterocycles. The van der Waals surface area contributed by atoms with E-state index in [2.05, 4.69) is 58.0 Å². The topological polar surface area (TPSA) is 18.5 Å². The van der Waals surface area contributed by atoms with Gasteiger partial charge in [-0.15, -0.1) is 0 Å². The number of ether oxygens (including phenoxy) is 2. The van der Waals surface area contributed by atoms with E-state index in [9.17, 15) is 0 Å². The van der Waals surface area contributed by atoms with Crippen LogP contribution in [0.4, 0.5) is 0 Å². The van der Waals surface area contributed by atoms with Crippen molar-refractivity contribution >= 4 is 18.4 Å². The molecule has 0 aliphatic heterocycles. The summed E-state index contributed by atoms with van der Waals surface area (Å²) in [6, 6.07) is 11.0. The van der Waals surface area contributed by atoms with Gasteiger partial charge in [0.2, 0.25) is 0 Å². The molecule has 0 amide bonds. The van der Waals surface area contributed by atoms with E-state index in [1.54, 1.807) is 7.11 Å². The fraction of sp³-hybridized carbons (Fsp3) is 0.750. The number of hydrogen-bond acceptors (Lipinski definition) is 2. The maximum atomic E-state index is 6.55. The van der Waals surface area contributed by atoms with Crippen LogP contribution in [0.15, 0.2) is 30.3 Å². The number of benzene rings is 1. The molecule has 2 atom stereocenters. The third-order valence-electron chi connectivity index (χ3n) is 5.97. The molecule has 0 unspecified atom stereocenters. The van der Waals surface area contributed by atoms with Crippen molar-refractivity contribution in [2.75, 3.05) is 13.9 Å². The molecule has 0 spiro atoms. The first-order valence-corrected chi connectivity index (χ1v) is 19.0. The maximum absolute atomic E-state index is 6.55. The third-order valence-corrected chi connectivity index (χ3v) is 23.1. The van der Waals surface area contributed by atoms with Gasteiger partial charge in [-0.1, -0.05) is 0 Å². The number of methoxy groups -OCH3 is 1. The molecule has 1 rings (SSSR count). The van der Waals surface area contributed by atoms with Gasteiger partial charge in [-0.05, 0) is 0 Å². The number of rotatable bonds is 16. The van der Waals surface area contributed by atoms with Gasteiger partial charge >= 0.3 is 174 Å². The van der Waals surface area contributed by atoms with Gasteiger partial charge in [-0.2, -0.15) is 0 Å². The van der Waals surface area contributed by atoms with Crippen LogP contribution in [-0.2, 0) is 15.9 Å². The predicted octanol–water partition coefficient (Wildman–Crippen LogP) is 7.24. The molecule has 0 aliphatic carbocycles. The van der Waals surface area contributed by atoms with Gasteiger partial charge < -0.3 is 0 Å². The second-order valence-corrected chi connectivity index (χ2v) is 22.0. The first-order valence-electron chi connectivity index (χ1n) is 11.3. The van der Waals surface area contributed by atoms with Gasteiger partial charge in [0.05, 0.1) is 0 Å². The Hall–Kier alpha value is -0.0613. The molecule has 0 N–H and O–H groups in total. The normalized spacial score (nSPS) is 14.3. The van der Waals surface area contributed by atoms with E-state index < -0.39 is 18.4 Å². The summed E-state index contributed by atoms with van der Waals surface area (Å²) < 4.78 is 16.9. The Morgan fingerprint density at radius 3 is 1.81 bits per heavy atom. The number of unbranched alkanes of at least 4 members (excludes halogenated alkanes) is 3. The Morgan fingerprint density at radius 2 is 1.37 bits per heavy atom. The standard InChI is InChI=1S/C12H17O2.3C4H9.Sn/c1-11(9-14-10-13-2)8-12-6-4-3-5-7-12;3*1-3-4-2;/h3-7,9,11H,8,10H2,1-2H3;3*1,3-4H2,2H3;/t11-;;;;/m1..../s1. The molecule has 1 aromatic rings. The Kier molecular flexibility index (Phi) is 13.8. The SMILES string of the molecule is CCC[CH2][Sn]([CH2]CCC)([CH2]CCC)[C@@H](OCOC)[C@H](C)Cc1ccccc1. The van der Waals surface area contributed by atoms with E-state index in [0.29, 0.717) is 16.8 Å². The van der Waals surface area contributed by atoms with Crippen LogP contribution in [0.5, 0.6) is 0 Å². The van der Waals surface area contributed by atoms with Crippen LogP contribution >= 0.6 is 0 Å². The summed E-state index contributed by atoms with van der Waals surface area (Å²) in [5, 5.41) is 0. The molecule has 0 aliphatic rings. The zero-order valence-electron chi connectivity index (χ0n) is 18.6. The first kappa shape index (κ1) is 25.0. The fourth-order valence-corrected chi connectivity index (χ4v) is 23.2. The van der Waals surface area contributed by atoms with E-state index in [1.165, 1.54) is 57.4 Å². The summed E-state index contributed by atoms with van der Waals surface area (Å²) in [7, 11) is 1.76. The molecule has 0 radical (unpaired) electrons. The molecule has 1 aromatic carbocycles. The molecule has 0 aromatic heterocycles. The summed E-state index contributed by atoms with van der Waals surface area (Å²) in [4.78, 5) is 0. The summed E-state index contributed by atoms with van der Waals surface area (Å²) in [6.07, 6.45) is 9.19. The molecule has 0 bridgehead atoms. The zero-order chi connectivity index (χ0) is 20.0. The fourth-order valence-electron chi connectivity index (χ4n) is 4.57. The first-order chi connectivity index (χ1) is 13.1. The molecule has 3 heteroatoms. The predicted molar refractivity (Wildman–Crippen MR) is 121 cm³/mol. The molecule has 27 heavy (non-hydrogen) atoms. The van der Waals surface area contributed by atoms with Crippen molar-refractivity contribution in [3.8, 4) is 0 Å². The second-order valence-electron chi connectivity index (χ2n) is 8.33. The van der Waals surface area contributed by atoms with Gasteiger partial charge in [-0.3, -0.25) is 0 Å². The summed E-state index contributed by atoms with van der Waals surface area (Å²) in [5.74, 6) is 0.573. The van der Waals surface area contributed by atoms with Crippen LogP contribution in [0, 0.1) is 5.92 Å². The molecular formula is C24H44O2Sn. The van der Waals surface area contributed by atoms with E-state index in [4.69, 9.17) is 9.47 Å². The van der Waals surface area contributed by atoms with Gasteiger partial charge in [0.25, 0.3) is 0 Å². The van der Waals surface area contributed by atoms with E-state index >= 15 is 0 Å². The molecule has 0 fully saturated rings. The Balaban J connectivity index is 3.11. The molecular weight excluding hydrogens is 439 g/mol. The molecule has 156 valence electrons. The Labute approximate surface area is 173 Å². The monoisotopic (exact) mass is 484 g/mol. The quantitative estimate of drug-likeness (QED) is 0.182. The summed E-state index contributed by atoms with van der Waals surface area (Å²) in [5.41, 5.74) is 1.44. The number of hydrogen-bond donors (Lipinski definition) is 0. The van der Waals surface area contributed by atoms with Gasteiger partial charge in [0.15, 0.2) is 0 Å². The molecule has 0 heterocycles. The van der Waals surface area contributed by atoms with Crippen LogP contribution in [0.25, 0.3) is 0 Å². The summed E-state index contributed by atoms with van der Waals surface area (Å²) in [6.45, 7) is 9.91. The van der Waals surface area contributed by atoms with Crippen LogP contribution in [-0.4, -0.2) is 36.4 Å². The van der Waals surface area contributed by atoms with Crippen LogP contribution in [0.2, 0.25) is 13.3 Å². The average Bonchev–Trinajstić information content (AvgIpc) is 2.69. The zero-order valence-corrected chi connectivity index (χ0v) is 21.5. The van der Waals surface area contributed by atoms with Gasteiger partial charge in [0, 0.05) is 0 Å². The minimum absolute atomic E-state index is 0.451. The van der Waals surface area contributed by atoms with Crippen molar-refractivity contribution < 1.29 is 9.47 Å². The van der Waals surface area contributed by atoms with Crippen molar-refractivity contribution in [1.29, 1.82) is 0 Å². The Bertz CT molecular complexity index is 441. The van der Waals surface area contributed by atoms with Gasteiger partial charge in [-0.25, -0.2) is 0 Å². The van der Waals surface area contributed by atoms with Crippen LogP contribution in [0.1, 0.15) is 71.8 Å². The van der Waals surface area contributed by atoms with Crippen molar-refractivity contribution in [3.63, 3.8) is 0 Å². The van der Waals surface area contributed by atoms with E-state index in [0.717, 1.165) is 6.42 Å².